The Morgan fingerprint density at radius 1 is 0.800 bits per heavy atom. The Labute approximate surface area is 237 Å². The summed E-state index contributed by atoms with van der Waals surface area (Å²) < 4.78 is 11.5. The SMILES string of the molecule is CC(C)=CCCC(O)(CC(=O)O[C@H](c1ccccc1)C(O)(c1ccccc1)c1ccccc1)C(=O)OC(C)(C)C. The van der Waals surface area contributed by atoms with E-state index in [0.29, 0.717) is 23.1 Å². The number of rotatable bonds is 11. The number of allylic oxidation sites excluding steroid dienone is 2. The number of benzene rings is 3. The molecule has 3 aromatic carbocycles. The van der Waals surface area contributed by atoms with Gasteiger partial charge in [-0.1, -0.05) is 103 Å². The molecule has 0 bridgehead atoms. The molecule has 6 nitrogen and oxygen atoms in total. The van der Waals surface area contributed by atoms with Crippen LogP contribution >= 0.6 is 0 Å². The lowest BCUT2D eigenvalue weighted by Crippen LogP contribution is -2.46. The maximum atomic E-state index is 13.6. The van der Waals surface area contributed by atoms with Crippen molar-refractivity contribution in [3.63, 3.8) is 0 Å². The Morgan fingerprint density at radius 2 is 1.27 bits per heavy atom. The van der Waals surface area contributed by atoms with E-state index in [-0.39, 0.29) is 6.42 Å². The normalized spacial score (nSPS) is 14.0. The van der Waals surface area contributed by atoms with Gasteiger partial charge in [0.25, 0.3) is 0 Å². The third-order valence-corrected chi connectivity index (χ3v) is 6.48. The van der Waals surface area contributed by atoms with E-state index in [1.807, 2.05) is 38.1 Å². The Balaban J connectivity index is 2.04. The summed E-state index contributed by atoms with van der Waals surface area (Å²) in [5, 5.41) is 23.9. The summed E-state index contributed by atoms with van der Waals surface area (Å²) in [6, 6.07) is 26.9. The summed E-state index contributed by atoms with van der Waals surface area (Å²) in [6.45, 7) is 8.93. The Morgan fingerprint density at radius 3 is 1.73 bits per heavy atom. The van der Waals surface area contributed by atoms with Gasteiger partial charge >= 0.3 is 11.9 Å². The second-order valence-electron chi connectivity index (χ2n) is 11.3. The van der Waals surface area contributed by atoms with Gasteiger partial charge in [0.2, 0.25) is 0 Å². The van der Waals surface area contributed by atoms with Crippen LogP contribution in [0, 0.1) is 0 Å². The topological polar surface area (TPSA) is 93.1 Å². The van der Waals surface area contributed by atoms with Gasteiger partial charge in [0.15, 0.2) is 17.3 Å². The summed E-state index contributed by atoms with van der Waals surface area (Å²) in [6.07, 6.45) is 0.399. The first kappa shape index (κ1) is 30.8. The molecule has 0 saturated heterocycles. The molecule has 212 valence electrons. The highest BCUT2D eigenvalue weighted by molar-refractivity contribution is 5.86. The zero-order valence-corrected chi connectivity index (χ0v) is 24.0. The third kappa shape index (κ3) is 7.90. The lowest BCUT2D eigenvalue weighted by Gasteiger charge is -2.37. The molecule has 0 aliphatic carbocycles. The molecule has 0 amide bonds. The van der Waals surface area contributed by atoms with E-state index < -0.39 is 41.3 Å². The largest absolute Gasteiger partial charge is 0.458 e. The minimum Gasteiger partial charge on any atom is -0.458 e. The van der Waals surface area contributed by atoms with Crippen LogP contribution in [-0.2, 0) is 24.7 Å². The van der Waals surface area contributed by atoms with Gasteiger partial charge in [-0.2, -0.15) is 0 Å². The van der Waals surface area contributed by atoms with Crippen LogP contribution in [0.25, 0.3) is 0 Å². The minimum atomic E-state index is -2.12. The Kier molecular flexibility index (Phi) is 10.1. The molecule has 0 aromatic heterocycles. The predicted octanol–water partition coefficient (Wildman–Crippen LogP) is 6.42. The van der Waals surface area contributed by atoms with Gasteiger partial charge in [-0.3, -0.25) is 4.79 Å². The second-order valence-corrected chi connectivity index (χ2v) is 11.3. The highest BCUT2D eigenvalue weighted by atomic mass is 16.6. The van der Waals surface area contributed by atoms with Gasteiger partial charge in [0.1, 0.15) is 5.60 Å². The van der Waals surface area contributed by atoms with Crippen LogP contribution in [0.5, 0.6) is 0 Å². The molecule has 0 spiro atoms. The van der Waals surface area contributed by atoms with Crippen LogP contribution in [0.4, 0.5) is 0 Å². The summed E-state index contributed by atoms with van der Waals surface area (Å²) in [5.41, 5.74) is -2.13. The van der Waals surface area contributed by atoms with E-state index in [2.05, 4.69) is 0 Å². The molecule has 2 atom stereocenters. The second kappa shape index (κ2) is 13.1. The molecule has 0 heterocycles. The van der Waals surface area contributed by atoms with Crippen molar-refractivity contribution < 1.29 is 29.3 Å². The van der Waals surface area contributed by atoms with E-state index in [4.69, 9.17) is 9.47 Å². The van der Waals surface area contributed by atoms with Gasteiger partial charge < -0.3 is 19.7 Å². The van der Waals surface area contributed by atoms with Gasteiger partial charge in [-0.05, 0) is 64.2 Å². The fourth-order valence-electron chi connectivity index (χ4n) is 4.52. The average Bonchev–Trinajstić information content (AvgIpc) is 2.91. The fourth-order valence-corrected chi connectivity index (χ4v) is 4.52. The van der Waals surface area contributed by atoms with Crippen molar-refractivity contribution in [2.45, 2.75) is 76.8 Å². The molecule has 3 rings (SSSR count). The number of hydrogen-bond acceptors (Lipinski definition) is 6. The first-order chi connectivity index (χ1) is 18.8. The van der Waals surface area contributed by atoms with Crippen molar-refractivity contribution in [1.29, 1.82) is 0 Å². The molecule has 0 aliphatic heterocycles. The van der Waals surface area contributed by atoms with Crippen molar-refractivity contribution in [3.05, 3.63) is 119 Å². The first-order valence-corrected chi connectivity index (χ1v) is 13.5. The van der Waals surface area contributed by atoms with Crippen molar-refractivity contribution in [2.75, 3.05) is 0 Å². The van der Waals surface area contributed by atoms with E-state index in [0.717, 1.165) is 5.57 Å². The smallest absolute Gasteiger partial charge is 0.339 e. The van der Waals surface area contributed by atoms with Crippen molar-refractivity contribution in [1.82, 2.24) is 0 Å². The molecule has 0 radical (unpaired) electrons. The van der Waals surface area contributed by atoms with Gasteiger partial charge in [0.05, 0.1) is 6.42 Å². The van der Waals surface area contributed by atoms with E-state index >= 15 is 0 Å². The molecule has 1 unspecified atom stereocenters. The van der Waals surface area contributed by atoms with Crippen LogP contribution < -0.4 is 0 Å². The van der Waals surface area contributed by atoms with Crippen LogP contribution in [0.3, 0.4) is 0 Å². The zero-order valence-electron chi connectivity index (χ0n) is 24.0. The lowest BCUT2D eigenvalue weighted by molar-refractivity contribution is -0.187. The number of ether oxygens (including phenoxy) is 2. The van der Waals surface area contributed by atoms with E-state index in [1.165, 1.54) is 0 Å². The molecule has 3 aromatic rings. The minimum absolute atomic E-state index is 0.0279. The number of carbonyl (C=O) groups is 2. The zero-order chi connectivity index (χ0) is 29.4. The average molecular weight is 545 g/mol. The first-order valence-electron chi connectivity index (χ1n) is 13.5. The molecule has 0 aliphatic rings. The summed E-state index contributed by atoms with van der Waals surface area (Å²) in [7, 11) is 0. The van der Waals surface area contributed by atoms with Gasteiger partial charge in [-0.15, -0.1) is 0 Å². The molecule has 0 fully saturated rings. The van der Waals surface area contributed by atoms with Crippen molar-refractivity contribution >= 4 is 11.9 Å². The predicted molar refractivity (Wildman–Crippen MR) is 155 cm³/mol. The molecule has 6 heteroatoms. The Bertz CT molecular complexity index is 1230. The number of aliphatic hydroxyl groups is 2. The number of carbonyl (C=O) groups excluding carboxylic acids is 2. The maximum Gasteiger partial charge on any atom is 0.339 e. The van der Waals surface area contributed by atoms with Crippen molar-refractivity contribution in [3.8, 4) is 0 Å². The van der Waals surface area contributed by atoms with Crippen molar-refractivity contribution in [2.24, 2.45) is 0 Å². The summed E-state index contributed by atoms with van der Waals surface area (Å²) >= 11 is 0. The highest BCUT2D eigenvalue weighted by Crippen LogP contribution is 2.44. The van der Waals surface area contributed by atoms with Crippen LogP contribution in [0.15, 0.2) is 103 Å². The molecule has 40 heavy (non-hydrogen) atoms. The van der Waals surface area contributed by atoms with Crippen LogP contribution in [0.2, 0.25) is 0 Å². The fraction of sp³-hybridized carbons (Fsp3) is 0.353. The Hall–Kier alpha value is -3.74. The standard InChI is InChI=1S/C34H40O6/c1-25(2)16-15-23-33(37,31(36)40-32(3,4)5)24-29(35)39-30(26-17-9-6-10-18-26)34(38,27-19-11-7-12-20-27)28-21-13-8-14-22-28/h6-14,16-22,30,37-38H,15,23-24H2,1-5H3/t30-,33?/m1/s1. The quantitative estimate of drug-likeness (QED) is 0.214. The van der Waals surface area contributed by atoms with Gasteiger partial charge in [0, 0.05) is 0 Å². The maximum absolute atomic E-state index is 13.6. The lowest BCUT2D eigenvalue weighted by atomic mass is 9.79. The van der Waals surface area contributed by atoms with Crippen LogP contribution in [0.1, 0.15) is 76.7 Å². The highest BCUT2D eigenvalue weighted by Gasteiger charge is 2.47. The molecule has 0 saturated carbocycles. The third-order valence-electron chi connectivity index (χ3n) is 6.48. The summed E-state index contributed by atoms with van der Waals surface area (Å²) in [5.74, 6) is -1.73. The van der Waals surface area contributed by atoms with Crippen LogP contribution in [-0.4, -0.2) is 33.4 Å². The number of esters is 2. The van der Waals surface area contributed by atoms with Gasteiger partial charge in [-0.25, -0.2) is 4.79 Å². The molecule has 2 N–H and O–H groups in total. The molecular weight excluding hydrogens is 504 g/mol. The number of hydrogen-bond donors (Lipinski definition) is 2. The summed E-state index contributed by atoms with van der Waals surface area (Å²) in [4.78, 5) is 26.7. The molecular formula is C34H40O6. The van der Waals surface area contributed by atoms with E-state index in [1.54, 1.807) is 93.6 Å². The monoisotopic (exact) mass is 544 g/mol. The van der Waals surface area contributed by atoms with E-state index in [9.17, 15) is 19.8 Å².